The highest BCUT2D eigenvalue weighted by molar-refractivity contribution is 5.26. The fraction of sp³-hybridized carbons (Fsp3) is 0.732. The predicted octanol–water partition coefficient (Wildman–Crippen LogP) is 13.2. The van der Waals surface area contributed by atoms with Crippen molar-refractivity contribution in [2.75, 3.05) is 0 Å². The Labute approximate surface area is 263 Å². The van der Waals surface area contributed by atoms with Crippen molar-refractivity contribution in [3.63, 3.8) is 0 Å². The zero-order valence-corrected chi connectivity index (χ0v) is 28.4. The molecule has 0 amide bonds. The number of aromatic nitrogens is 1. The van der Waals surface area contributed by atoms with Crippen LogP contribution in [0.15, 0.2) is 48.8 Å². The third kappa shape index (κ3) is 18.8. The van der Waals surface area contributed by atoms with Crippen molar-refractivity contribution in [1.29, 1.82) is 0 Å². The first-order chi connectivity index (χ1) is 20.8. The summed E-state index contributed by atoms with van der Waals surface area (Å²) in [5.74, 6) is 0. The van der Waals surface area contributed by atoms with Crippen LogP contribution in [-0.4, -0.2) is 0 Å². The van der Waals surface area contributed by atoms with Gasteiger partial charge in [0.05, 0.1) is 0 Å². The maximum atomic E-state index is 2.44. The lowest BCUT2D eigenvalue weighted by molar-refractivity contribution is -0.596. The van der Waals surface area contributed by atoms with Gasteiger partial charge in [-0.1, -0.05) is 186 Å². The van der Waals surface area contributed by atoms with Gasteiger partial charge >= 0.3 is 0 Å². The second kappa shape index (κ2) is 27.0. The molecule has 0 N–H and O–H groups in total. The van der Waals surface area contributed by atoms with Crippen LogP contribution in [-0.2, 0) is 12.8 Å². The van der Waals surface area contributed by atoms with Crippen LogP contribution in [0.1, 0.15) is 192 Å². The van der Waals surface area contributed by atoms with Crippen LogP contribution in [0.4, 0.5) is 0 Å². The van der Waals surface area contributed by atoms with E-state index in [1.165, 1.54) is 185 Å². The second-order valence-electron chi connectivity index (χ2n) is 13.2. The lowest BCUT2D eigenvalue weighted by atomic mass is 9.97. The molecule has 2 rings (SSSR count). The Bertz CT molecular complexity index is 841. The Morgan fingerprint density at radius 1 is 0.381 bits per heavy atom. The van der Waals surface area contributed by atoms with E-state index in [4.69, 9.17) is 0 Å². The van der Waals surface area contributed by atoms with Gasteiger partial charge in [0, 0.05) is 23.8 Å². The van der Waals surface area contributed by atoms with Crippen molar-refractivity contribution < 1.29 is 4.57 Å². The van der Waals surface area contributed by atoms with E-state index >= 15 is 0 Å². The first-order valence-electron chi connectivity index (χ1n) is 18.9. The Balaban J connectivity index is 1.62. The van der Waals surface area contributed by atoms with Crippen molar-refractivity contribution in [2.45, 2.75) is 194 Å². The van der Waals surface area contributed by atoms with Crippen LogP contribution < -0.4 is 4.57 Å². The van der Waals surface area contributed by atoms with Gasteiger partial charge in [0.1, 0.15) is 0 Å². The van der Waals surface area contributed by atoms with E-state index in [0.717, 1.165) is 0 Å². The molecule has 238 valence electrons. The highest BCUT2D eigenvalue weighted by atomic mass is 14.9. The van der Waals surface area contributed by atoms with Crippen molar-refractivity contribution in [3.8, 4) is 5.69 Å². The highest BCUT2D eigenvalue weighted by Gasteiger charge is 2.11. The van der Waals surface area contributed by atoms with Crippen LogP contribution in [0.2, 0.25) is 0 Å². The minimum atomic E-state index is 1.24. The molecular formula is C41H70N+. The van der Waals surface area contributed by atoms with Crippen molar-refractivity contribution in [2.24, 2.45) is 0 Å². The number of hydrogen-bond donors (Lipinski definition) is 0. The van der Waals surface area contributed by atoms with E-state index in [-0.39, 0.29) is 0 Å². The number of pyridine rings is 1. The molecule has 42 heavy (non-hydrogen) atoms. The summed E-state index contributed by atoms with van der Waals surface area (Å²) < 4.78 is 2.34. The number of rotatable bonds is 29. The minimum Gasteiger partial charge on any atom is -0.167 e. The Morgan fingerprint density at radius 3 is 1.14 bits per heavy atom. The molecule has 0 saturated carbocycles. The van der Waals surface area contributed by atoms with Gasteiger partial charge in [-0.05, 0) is 31.2 Å². The lowest BCUT2D eigenvalue weighted by Crippen LogP contribution is -2.30. The van der Waals surface area contributed by atoms with Crippen molar-refractivity contribution in [3.05, 3.63) is 59.9 Å². The van der Waals surface area contributed by atoms with Gasteiger partial charge < -0.3 is 0 Å². The van der Waals surface area contributed by atoms with E-state index in [9.17, 15) is 0 Å². The smallest absolute Gasteiger partial charge is 0.167 e. The second-order valence-corrected chi connectivity index (χ2v) is 13.2. The average molecular weight is 577 g/mol. The van der Waals surface area contributed by atoms with Crippen LogP contribution in [0.25, 0.3) is 5.69 Å². The fourth-order valence-corrected chi connectivity index (χ4v) is 6.47. The molecule has 0 aliphatic heterocycles. The van der Waals surface area contributed by atoms with Gasteiger partial charge in [0.2, 0.25) is 5.69 Å². The summed E-state index contributed by atoms with van der Waals surface area (Å²) >= 11 is 0. The molecule has 0 radical (unpaired) electrons. The quantitative estimate of drug-likeness (QED) is 0.0669. The Kier molecular flexibility index (Phi) is 23.5. The number of aryl methyl sites for hydroxylation is 2. The molecule has 1 heterocycles. The van der Waals surface area contributed by atoms with Crippen LogP contribution in [0, 0.1) is 0 Å². The molecule has 0 bridgehead atoms. The molecule has 0 aliphatic carbocycles. The summed E-state index contributed by atoms with van der Waals surface area (Å²) in [4.78, 5) is 0. The Morgan fingerprint density at radius 2 is 0.738 bits per heavy atom. The van der Waals surface area contributed by atoms with Gasteiger partial charge in [-0.2, -0.15) is 4.57 Å². The first-order valence-corrected chi connectivity index (χ1v) is 18.9. The topological polar surface area (TPSA) is 3.88 Å². The van der Waals surface area contributed by atoms with E-state index in [0.29, 0.717) is 0 Å². The van der Waals surface area contributed by atoms with E-state index in [1.807, 2.05) is 0 Å². The van der Waals surface area contributed by atoms with Crippen LogP contribution >= 0.6 is 0 Å². The number of unbranched alkanes of at least 4 members (excludes halogenated alkanes) is 24. The summed E-state index contributed by atoms with van der Waals surface area (Å²) in [5.41, 5.74) is 4.46. The summed E-state index contributed by atoms with van der Waals surface area (Å²) in [6.45, 7) is 4.61. The third-order valence-corrected chi connectivity index (χ3v) is 9.30. The summed E-state index contributed by atoms with van der Waals surface area (Å²) in [6.07, 6.45) is 44.3. The van der Waals surface area contributed by atoms with Crippen LogP contribution in [0.5, 0.6) is 0 Å². The third-order valence-electron chi connectivity index (χ3n) is 9.30. The standard InChI is InChI=1S/C41H70N/c1-3-5-7-9-11-13-15-17-19-21-23-25-28-32-39-36-37-42(41-34-30-27-31-35-41)38-40(39)33-29-26-24-22-20-18-16-14-12-10-8-6-4-2/h27,30-31,34-38H,3-26,28-29,32-33H2,1-2H3/q+1. The van der Waals surface area contributed by atoms with Gasteiger partial charge in [-0.25, -0.2) is 0 Å². The molecule has 1 nitrogen and oxygen atoms in total. The molecule has 0 unspecified atom stereocenters. The SMILES string of the molecule is CCCCCCCCCCCCCCCc1cc[n+](-c2ccccc2)cc1CCCCCCCCCCCCCCC. The fourth-order valence-electron chi connectivity index (χ4n) is 6.47. The number of nitrogens with zero attached hydrogens (tertiary/aromatic N) is 1. The zero-order chi connectivity index (χ0) is 29.8. The average Bonchev–Trinajstić information content (AvgIpc) is 3.02. The van der Waals surface area contributed by atoms with Gasteiger partial charge in [0.25, 0.3) is 0 Å². The molecule has 0 spiro atoms. The molecule has 2 aromatic rings. The highest BCUT2D eigenvalue weighted by Crippen LogP contribution is 2.18. The lowest BCUT2D eigenvalue weighted by Gasteiger charge is -2.09. The summed E-state index contributed by atoms with van der Waals surface area (Å²) in [5, 5.41) is 0. The predicted molar refractivity (Wildman–Crippen MR) is 187 cm³/mol. The molecule has 0 saturated heterocycles. The molecule has 1 heteroatoms. The minimum absolute atomic E-state index is 1.24. The van der Waals surface area contributed by atoms with E-state index in [2.05, 4.69) is 67.2 Å². The van der Waals surface area contributed by atoms with E-state index in [1.54, 1.807) is 11.1 Å². The molecule has 0 atom stereocenters. The molecular weight excluding hydrogens is 506 g/mol. The van der Waals surface area contributed by atoms with Gasteiger partial charge in [-0.3, -0.25) is 0 Å². The largest absolute Gasteiger partial charge is 0.210 e. The molecule has 0 aliphatic rings. The molecule has 0 fully saturated rings. The van der Waals surface area contributed by atoms with Crippen molar-refractivity contribution >= 4 is 0 Å². The van der Waals surface area contributed by atoms with Gasteiger partial charge in [0.15, 0.2) is 12.4 Å². The van der Waals surface area contributed by atoms with Crippen LogP contribution in [0.3, 0.4) is 0 Å². The molecule has 1 aromatic heterocycles. The number of hydrogen-bond acceptors (Lipinski definition) is 0. The van der Waals surface area contributed by atoms with E-state index < -0.39 is 0 Å². The maximum absolute atomic E-state index is 2.44. The first kappa shape index (κ1) is 36.6. The van der Waals surface area contributed by atoms with Crippen molar-refractivity contribution in [1.82, 2.24) is 0 Å². The number of benzene rings is 1. The number of para-hydroxylation sites is 1. The molecule has 1 aromatic carbocycles. The summed E-state index contributed by atoms with van der Waals surface area (Å²) in [6, 6.07) is 13.3. The zero-order valence-electron chi connectivity index (χ0n) is 28.4. The monoisotopic (exact) mass is 577 g/mol. The normalized spacial score (nSPS) is 11.4. The Hall–Kier alpha value is -1.63. The van der Waals surface area contributed by atoms with Gasteiger partial charge in [-0.15, -0.1) is 0 Å². The maximum Gasteiger partial charge on any atom is 0.210 e. The summed E-state index contributed by atoms with van der Waals surface area (Å²) in [7, 11) is 0.